The molecule has 0 spiro atoms. The Hall–Kier alpha value is -1.48. The Kier molecular flexibility index (Phi) is 4.86. The van der Waals surface area contributed by atoms with Gasteiger partial charge in [-0.25, -0.2) is 0 Å². The van der Waals surface area contributed by atoms with Crippen LogP contribution in [0.3, 0.4) is 0 Å². The van der Waals surface area contributed by atoms with Crippen LogP contribution in [-0.4, -0.2) is 9.78 Å². The first kappa shape index (κ1) is 13.9. The normalized spacial score (nSPS) is 10.9. The summed E-state index contributed by atoms with van der Waals surface area (Å²) in [7, 11) is 0. The summed E-state index contributed by atoms with van der Waals surface area (Å²) in [6, 6.07) is 10.3. The Morgan fingerprint density at radius 1 is 1.16 bits per heavy atom. The van der Waals surface area contributed by atoms with Gasteiger partial charge in [-0.3, -0.25) is 4.68 Å². The van der Waals surface area contributed by atoms with E-state index in [-0.39, 0.29) is 0 Å². The molecule has 2 aromatic rings. The van der Waals surface area contributed by atoms with Crippen molar-refractivity contribution in [3.8, 4) is 0 Å². The van der Waals surface area contributed by atoms with Gasteiger partial charge in [0.05, 0.1) is 18.3 Å². The molecule has 3 nitrogen and oxygen atoms in total. The number of nitrogens with one attached hydrogen (secondary N) is 1. The van der Waals surface area contributed by atoms with E-state index in [0.717, 1.165) is 35.8 Å². The average Bonchev–Trinajstić information content (AvgIpc) is 2.88. The van der Waals surface area contributed by atoms with Crippen LogP contribution < -0.4 is 5.32 Å². The minimum atomic E-state index is 0.504. The van der Waals surface area contributed by atoms with Crippen molar-refractivity contribution >= 4 is 17.3 Å². The molecular weight excluding hydrogens is 258 g/mol. The number of hydrogen-bond donors (Lipinski definition) is 1. The lowest BCUT2D eigenvalue weighted by Gasteiger charge is -2.12. The van der Waals surface area contributed by atoms with Gasteiger partial charge in [0.25, 0.3) is 0 Å². The van der Waals surface area contributed by atoms with Crippen LogP contribution in [0.15, 0.2) is 36.5 Å². The van der Waals surface area contributed by atoms with Crippen LogP contribution in [0.2, 0.25) is 5.02 Å². The largest absolute Gasteiger partial charge is 0.379 e. The first-order chi connectivity index (χ1) is 9.22. The third-order valence-corrected chi connectivity index (χ3v) is 3.55. The molecule has 0 aliphatic heterocycles. The van der Waals surface area contributed by atoms with Crippen molar-refractivity contribution in [1.82, 2.24) is 9.78 Å². The summed E-state index contributed by atoms with van der Waals surface area (Å²) in [5.74, 6) is 0. The van der Waals surface area contributed by atoms with Gasteiger partial charge in [0.15, 0.2) is 0 Å². The van der Waals surface area contributed by atoms with E-state index < -0.39 is 0 Å². The average molecular weight is 278 g/mol. The lowest BCUT2D eigenvalue weighted by atomic mass is 10.2. The maximum atomic E-state index is 5.86. The van der Waals surface area contributed by atoms with Gasteiger partial charge in [-0.1, -0.05) is 25.4 Å². The van der Waals surface area contributed by atoms with E-state index in [0.29, 0.717) is 6.04 Å². The van der Waals surface area contributed by atoms with Crippen LogP contribution in [0.25, 0.3) is 0 Å². The Bertz CT molecular complexity index is 500. The van der Waals surface area contributed by atoms with Crippen molar-refractivity contribution in [2.24, 2.45) is 0 Å². The molecule has 1 aromatic heterocycles. The standard InChI is InChI=1S/C15H20ClN3/c1-3-15(4-2)19-10-9-14(18-19)11-17-13-7-5-12(16)6-8-13/h5-10,15,17H,3-4,11H2,1-2H3. The van der Waals surface area contributed by atoms with E-state index >= 15 is 0 Å². The summed E-state index contributed by atoms with van der Waals surface area (Å²) in [5.41, 5.74) is 2.11. The molecule has 0 saturated carbocycles. The highest BCUT2D eigenvalue weighted by Gasteiger charge is 2.07. The lowest BCUT2D eigenvalue weighted by molar-refractivity contribution is 0.426. The molecule has 19 heavy (non-hydrogen) atoms. The number of aromatic nitrogens is 2. The van der Waals surface area contributed by atoms with Gasteiger partial charge in [0.2, 0.25) is 0 Å². The molecule has 1 aromatic carbocycles. The fourth-order valence-electron chi connectivity index (χ4n) is 2.10. The molecule has 0 radical (unpaired) electrons. The molecule has 0 bridgehead atoms. The molecular formula is C15H20ClN3. The molecule has 1 heterocycles. The van der Waals surface area contributed by atoms with E-state index in [1.54, 1.807) is 0 Å². The predicted molar refractivity (Wildman–Crippen MR) is 80.6 cm³/mol. The number of hydrogen-bond acceptors (Lipinski definition) is 2. The number of anilines is 1. The van der Waals surface area contributed by atoms with E-state index in [2.05, 4.69) is 41.2 Å². The highest BCUT2D eigenvalue weighted by molar-refractivity contribution is 6.30. The highest BCUT2D eigenvalue weighted by Crippen LogP contribution is 2.16. The van der Waals surface area contributed by atoms with Crippen molar-refractivity contribution in [2.75, 3.05) is 5.32 Å². The van der Waals surface area contributed by atoms with Gasteiger partial charge < -0.3 is 5.32 Å². The molecule has 0 unspecified atom stereocenters. The molecule has 0 aliphatic carbocycles. The predicted octanol–water partition coefficient (Wildman–Crippen LogP) is 4.51. The molecule has 4 heteroatoms. The first-order valence-corrected chi connectivity index (χ1v) is 7.14. The molecule has 102 valence electrons. The summed E-state index contributed by atoms with van der Waals surface area (Å²) in [6.45, 7) is 5.12. The van der Waals surface area contributed by atoms with Crippen molar-refractivity contribution in [2.45, 2.75) is 39.3 Å². The summed E-state index contributed by atoms with van der Waals surface area (Å²) in [4.78, 5) is 0. The molecule has 2 rings (SSSR count). The Morgan fingerprint density at radius 2 is 1.84 bits per heavy atom. The lowest BCUT2D eigenvalue weighted by Crippen LogP contribution is -2.08. The first-order valence-electron chi connectivity index (χ1n) is 6.76. The van der Waals surface area contributed by atoms with Crippen LogP contribution in [0, 0.1) is 0 Å². The summed E-state index contributed by atoms with van der Waals surface area (Å²) >= 11 is 5.86. The molecule has 0 aliphatic rings. The smallest absolute Gasteiger partial charge is 0.0815 e. The zero-order valence-corrected chi connectivity index (χ0v) is 12.2. The quantitative estimate of drug-likeness (QED) is 0.842. The number of nitrogens with zero attached hydrogens (tertiary/aromatic N) is 2. The van der Waals surface area contributed by atoms with Gasteiger partial charge in [-0.05, 0) is 43.2 Å². The Morgan fingerprint density at radius 3 is 2.47 bits per heavy atom. The van der Waals surface area contributed by atoms with Gasteiger partial charge in [0, 0.05) is 16.9 Å². The Balaban J connectivity index is 1.95. The number of rotatable bonds is 6. The second kappa shape index (κ2) is 6.62. The molecule has 1 N–H and O–H groups in total. The zero-order valence-electron chi connectivity index (χ0n) is 11.4. The van der Waals surface area contributed by atoms with Crippen molar-refractivity contribution in [3.63, 3.8) is 0 Å². The molecule has 0 fully saturated rings. The zero-order chi connectivity index (χ0) is 13.7. The van der Waals surface area contributed by atoms with Gasteiger partial charge in [-0.15, -0.1) is 0 Å². The number of benzene rings is 1. The van der Waals surface area contributed by atoms with Crippen LogP contribution in [0.5, 0.6) is 0 Å². The van der Waals surface area contributed by atoms with Crippen LogP contribution in [0.4, 0.5) is 5.69 Å². The summed E-state index contributed by atoms with van der Waals surface area (Å²) < 4.78 is 2.07. The Labute approximate surface area is 119 Å². The summed E-state index contributed by atoms with van der Waals surface area (Å²) in [5, 5.41) is 8.71. The molecule has 0 atom stereocenters. The second-order valence-electron chi connectivity index (χ2n) is 4.62. The highest BCUT2D eigenvalue weighted by atomic mass is 35.5. The van der Waals surface area contributed by atoms with E-state index in [1.807, 2.05) is 24.3 Å². The van der Waals surface area contributed by atoms with Crippen LogP contribution in [0.1, 0.15) is 38.4 Å². The fourth-order valence-corrected chi connectivity index (χ4v) is 2.22. The third kappa shape index (κ3) is 3.74. The van der Waals surface area contributed by atoms with Crippen molar-refractivity contribution in [3.05, 3.63) is 47.2 Å². The van der Waals surface area contributed by atoms with E-state index in [9.17, 15) is 0 Å². The van der Waals surface area contributed by atoms with Crippen LogP contribution in [-0.2, 0) is 6.54 Å². The monoisotopic (exact) mass is 277 g/mol. The fraction of sp³-hybridized carbons (Fsp3) is 0.400. The maximum absolute atomic E-state index is 5.86. The van der Waals surface area contributed by atoms with Crippen LogP contribution >= 0.6 is 11.6 Å². The minimum Gasteiger partial charge on any atom is -0.379 e. The van der Waals surface area contributed by atoms with Crippen molar-refractivity contribution in [1.29, 1.82) is 0 Å². The van der Waals surface area contributed by atoms with Crippen molar-refractivity contribution < 1.29 is 0 Å². The summed E-state index contributed by atoms with van der Waals surface area (Å²) in [6.07, 6.45) is 4.29. The maximum Gasteiger partial charge on any atom is 0.0815 e. The minimum absolute atomic E-state index is 0.504. The second-order valence-corrected chi connectivity index (χ2v) is 5.05. The van der Waals surface area contributed by atoms with Gasteiger partial charge >= 0.3 is 0 Å². The molecule has 0 saturated heterocycles. The van der Waals surface area contributed by atoms with Gasteiger partial charge in [0.1, 0.15) is 0 Å². The van der Waals surface area contributed by atoms with E-state index in [4.69, 9.17) is 11.6 Å². The van der Waals surface area contributed by atoms with E-state index in [1.165, 1.54) is 0 Å². The topological polar surface area (TPSA) is 29.9 Å². The number of halogens is 1. The van der Waals surface area contributed by atoms with Gasteiger partial charge in [-0.2, -0.15) is 5.10 Å². The molecule has 0 amide bonds. The SMILES string of the molecule is CCC(CC)n1ccc(CNc2ccc(Cl)cc2)n1. The third-order valence-electron chi connectivity index (χ3n) is 3.30.